The minimum Gasteiger partial charge on any atom is -0.358 e. The topological polar surface area (TPSA) is 3.01 Å². The van der Waals surface area contributed by atoms with Gasteiger partial charge in [0.25, 0.3) is 0 Å². The molecule has 0 fully saturated rings. The summed E-state index contributed by atoms with van der Waals surface area (Å²) < 4.78 is 2.32. The summed E-state index contributed by atoms with van der Waals surface area (Å²) in [5.74, 6) is 0.567. The van der Waals surface area contributed by atoms with Crippen LogP contribution in [0.5, 0.6) is 0 Å². The third-order valence-corrected chi connectivity index (χ3v) is 4.03. The molecular weight excluding hydrogens is 2370 g/mol. The van der Waals surface area contributed by atoms with E-state index < -0.39 is 0 Å². The van der Waals surface area contributed by atoms with E-state index in [1.165, 1.54) is 22.6 Å². The average molecular weight is 2430 g/mol. The largest absolute Gasteiger partial charge is 3.00 e. The zero-order valence-corrected chi connectivity index (χ0v) is 97.6. The summed E-state index contributed by atoms with van der Waals surface area (Å²) in [6.07, 6.45) is 10.9. The molecule has 1 unspecified atom stereocenters. The summed E-state index contributed by atoms with van der Waals surface area (Å²) >= 11 is 0. The Morgan fingerprint density at radius 1 is 0.580 bits per heavy atom. The maximum absolute atomic E-state index is 4.00. The maximum atomic E-state index is 4.00. The SMILES string of the molecule is C.C.CC.CC.[CH2-]CC1=CCC(CC2=C(C)C(C[CH2-])C=C2)=[N+]1C.[CH3-].[CH3-].[CH3-].[CH3-].[Y+3].[Y+3].[Y].[Y].[Y].[Y].[Y].[Y].[Y].[Y].[Y].[Y].[Y].[Y].[Y].[Y].[Y].[Y].[Y].[Y].[Y].[Y].[Y]. The van der Waals surface area contributed by atoms with Gasteiger partial charge in [0.05, 0.1) is 12.8 Å². The Balaban J connectivity index is -0.00000000419. The van der Waals surface area contributed by atoms with Crippen molar-refractivity contribution >= 4 is 5.71 Å². The summed E-state index contributed by atoms with van der Waals surface area (Å²) in [6.45, 7) is 18.2. The molecule has 2 aliphatic rings. The van der Waals surface area contributed by atoms with E-state index >= 15 is 0 Å². The Kier molecular flexibility index (Phi) is 641. The van der Waals surface area contributed by atoms with Crippen molar-refractivity contribution in [3.05, 3.63) is 78.6 Å². The summed E-state index contributed by atoms with van der Waals surface area (Å²) in [7, 11) is 2.16. The zero-order chi connectivity index (χ0) is 16.4. The van der Waals surface area contributed by atoms with Crippen molar-refractivity contribution in [1.29, 1.82) is 0 Å². The van der Waals surface area contributed by atoms with Gasteiger partial charge in [-0.25, -0.2) is 4.58 Å². The van der Waals surface area contributed by atoms with Crippen LogP contribution in [0.1, 0.15) is 75.2 Å². The van der Waals surface area contributed by atoms with Gasteiger partial charge in [-0.2, -0.15) is 6.42 Å². The molecule has 0 aromatic carbocycles. The van der Waals surface area contributed by atoms with Crippen LogP contribution in [0.2, 0.25) is 0 Å². The van der Waals surface area contributed by atoms with E-state index in [0.717, 1.165) is 25.7 Å². The van der Waals surface area contributed by atoms with Crippen LogP contribution in [0.4, 0.5) is 0 Å². The predicted molar refractivity (Wildman–Crippen MR) is 136 cm³/mol. The van der Waals surface area contributed by atoms with Crippen molar-refractivity contribution in [2.24, 2.45) is 5.92 Å². The van der Waals surface area contributed by atoms with Crippen LogP contribution < -0.4 is 0 Å². The number of allylic oxidation sites excluding steroid dienone is 6. The molecule has 24 heteroatoms. The first kappa shape index (κ1) is 203. The normalized spacial score (nSPS) is 8.40. The summed E-state index contributed by atoms with van der Waals surface area (Å²) in [5, 5.41) is 0. The average Bonchev–Trinajstić information content (AvgIpc) is 3.07. The summed E-state index contributed by atoms with van der Waals surface area (Å²) in [5.41, 5.74) is 5.84. The van der Waals surface area contributed by atoms with E-state index in [0.29, 0.717) is 5.92 Å². The van der Waals surface area contributed by atoms with Crippen molar-refractivity contribution < 1.29 is 757 Å². The quantitative estimate of drug-likeness (QED) is 0.196. The Morgan fingerprint density at radius 3 is 1.02 bits per heavy atom. The molecule has 0 aromatic heterocycles. The first-order valence-corrected chi connectivity index (χ1v) is 8.41. The van der Waals surface area contributed by atoms with Crippen LogP contribution >= 0.6 is 0 Å². The molecule has 0 aromatic rings. The molecule has 0 saturated heterocycles. The summed E-state index contributed by atoms with van der Waals surface area (Å²) in [6, 6.07) is 0. The minimum absolute atomic E-state index is 0. The van der Waals surface area contributed by atoms with Crippen LogP contribution in [0.3, 0.4) is 0 Å². The molecule has 1 nitrogen and oxygen atoms in total. The number of hydrogen-bond acceptors (Lipinski definition) is 0. The van der Waals surface area contributed by atoms with Gasteiger partial charge in [0.1, 0.15) is 12.7 Å². The van der Waals surface area contributed by atoms with Crippen molar-refractivity contribution in [2.75, 3.05) is 7.05 Å². The van der Waals surface area contributed by atoms with Crippen molar-refractivity contribution in [1.82, 2.24) is 0 Å². The number of hydrogen-bond donors (Lipinski definition) is 0. The van der Waals surface area contributed by atoms with Gasteiger partial charge < -0.3 is 43.6 Å². The molecule has 0 amide bonds. The van der Waals surface area contributed by atoms with Gasteiger partial charge >= 0.3 is 65.4 Å². The molecule has 1 aliphatic carbocycles. The fourth-order valence-corrected chi connectivity index (χ4v) is 2.65. The van der Waals surface area contributed by atoms with Gasteiger partial charge in [0.2, 0.25) is 0 Å². The van der Waals surface area contributed by atoms with Gasteiger partial charge in [0, 0.05) is 687 Å². The van der Waals surface area contributed by atoms with Crippen molar-refractivity contribution in [2.45, 2.75) is 75.2 Å². The number of nitrogens with zero attached hydrogens (tertiary/aromatic N) is 1. The molecule has 231 valence electrons. The molecule has 1 aliphatic heterocycles. The van der Waals surface area contributed by atoms with Crippen LogP contribution in [0, 0.1) is 49.5 Å². The van der Waals surface area contributed by atoms with E-state index in [4.69, 9.17) is 0 Å². The second-order valence-corrected chi connectivity index (χ2v) is 4.91. The van der Waals surface area contributed by atoms with Crippen LogP contribution in [-0.2, 0) is 752 Å². The molecule has 0 spiro atoms. The number of rotatable bonds is 4. The van der Waals surface area contributed by atoms with E-state index in [1.54, 1.807) is 0 Å². The second kappa shape index (κ2) is 158. The third-order valence-electron chi connectivity index (χ3n) is 4.03. The van der Waals surface area contributed by atoms with Gasteiger partial charge in [-0.05, 0) is 24.5 Å². The van der Waals surface area contributed by atoms with Gasteiger partial charge in [-0.3, -0.25) is 0 Å². The summed E-state index contributed by atoms with van der Waals surface area (Å²) in [4.78, 5) is 0. The van der Waals surface area contributed by atoms with E-state index in [9.17, 15) is 0 Å². The van der Waals surface area contributed by atoms with Gasteiger partial charge in [0.15, 0.2) is 5.71 Å². The van der Waals surface area contributed by atoms with Gasteiger partial charge in [-0.15, -0.1) is 0 Å². The van der Waals surface area contributed by atoms with Gasteiger partial charge in [-0.1, -0.05) is 66.7 Å². The molecule has 21 radical (unpaired) electrons. The third kappa shape index (κ3) is 108. The predicted octanol–water partition coefficient (Wildman–Crippen LogP) is 8.77. The molecule has 1 atom stereocenters. The molecule has 2 rings (SSSR count). The zero-order valence-electron chi connectivity index (χ0n) is 32.3. The first-order chi connectivity index (χ1) is 10.2. The molecule has 0 bridgehead atoms. The van der Waals surface area contributed by atoms with Crippen molar-refractivity contribution in [3.63, 3.8) is 0 Å². The van der Waals surface area contributed by atoms with Crippen LogP contribution in [0.15, 0.2) is 35.1 Å². The van der Waals surface area contributed by atoms with E-state index in [-0.39, 0.29) is 797 Å². The maximum Gasteiger partial charge on any atom is 3.00 e. The molecule has 0 N–H and O–H groups in total. The Hall–Kier alpha value is 24.3. The Morgan fingerprint density at radius 2 is 0.840 bits per heavy atom. The Bertz CT molecular complexity index is 483. The van der Waals surface area contributed by atoms with Crippen LogP contribution in [0.25, 0.3) is 0 Å². The molecule has 50 heavy (non-hydrogen) atoms. The van der Waals surface area contributed by atoms with E-state index in [2.05, 4.69) is 50.6 Å². The molecule has 1 heterocycles. The van der Waals surface area contributed by atoms with Crippen molar-refractivity contribution in [3.8, 4) is 0 Å². The Labute approximate surface area is 899 Å². The standard InChI is InChI=1S/C16H22N.2C2H6.2CH4.4CH3.23Y/c1-5-13-7-8-14(12(13)3)11-16-10-9-15(6-2)17(16)4;2*1-2;;;;;;;;;;;;;;;;;;;;;;;;;;;;;/h7-9,13H,1-2,5-6,10-11H2,3-4H3;2*1-2H3;2*1H4;4*1H3;;;;;;;;;;;;;;;;;;;;;;;/q-1;;;;;4*-1;;;;;;;;;;;;;;;;;;;;;;2*+3. The minimum atomic E-state index is 0. The van der Waals surface area contributed by atoms with E-state index in [1.807, 2.05) is 27.7 Å². The fourth-order valence-electron chi connectivity index (χ4n) is 2.65. The molecule has 0 saturated carbocycles. The van der Waals surface area contributed by atoms with Crippen LogP contribution in [-0.4, -0.2) is 17.3 Å². The first-order valence-electron chi connectivity index (χ1n) is 8.41. The monoisotopic (exact) mass is 2430 g/mol. The fraction of sp³-hybridized carbons (Fsp3) is 0.500. The second-order valence-electron chi connectivity index (χ2n) is 4.91. The smallest absolute Gasteiger partial charge is 0.358 e. The molecular formula is C26H54NY23+.